The number of fused-ring (bicyclic) bond motifs is 3. The number of ether oxygens (including phenoxy) is 1. The molecule has 0 saturated carbocycles. The summed E-state index contributed by atoms with van der Waals surface area (Å²) >= 11 is 0. The number of rotatable bonds is 8. The van der Waals surface area contributed by atoms with Crippen LogP contribution in [0.2, 0.25) is 0 Å². The van der Waals surface area contributed by atoms with Crippen LogP contribution in [0.4, 0.5) is 0 Å². The lowest BCUT2D eigenvalue weighted by atomic mass is 9.84. The molecule has 0 aromatic heterocycles. The molecule has 0 spiro atoms. The molecule has 4 aliphatic rings. The first kappa shape index (κ1) is 25.1. The Bertz CT molecular complexity index is 1150. The zero-order valence-corrected chi connectivity index (χ0v) is 22.2. The molecule has 4 heterocycles. The van der Waals surface area contributed by atoms with Crippen LogP contribution in [0, 0.1) is 5.92 Å². The van der Waals surface area contributed by atoms with E-state index >= 15 is 0 Å². The monoisotopic (exact) mass is 509 g/mol. The van der Waals surface area contributed by atoms with Crippen LogP contribution in [0.15, 0.2) is 84.9 Å². The van der Waals surface area contributed by atoms with Crippen LogP contribution in [0.1, 0.15) is 53.1 Å². The SMILES string of the molecule is O=C(NC1CN2CCC1CC2)c1cccc(OC2CCCN(CC(c3ccccc3)c3ccccc3)C2)c1. The summed E-state index contributed by atoms with van der Waals surface area (Å²) in [5.74, 6) is 1.76. The molecule has 1 amide bonds. The highest BCUT2D eigenvalue weighted by Gasteiger charge is 2.35. The van der Waals surface area contributed by atoms with Crippen LogP contribution in [-0.2, 0) is 0 Å². The van der Waals surface area contributed by atoms with Crippen molar-refractivity contribution in [2.75, 3.05) is 39.3 Å². The third-order valence-electron chi connectivity index (χ3n) is 8.68. The second-order valence-corrected chi connectivity index (χ2v) is 11.3. The Morgan fingerprint density at radius 3 is 2.21 bits per heavy atom. The van der Waals surface area contributed by atoms with E-state index in [0.717, 1.165) is 44.8 Å². The number of piperidine rings is 4. The smallest absolute Gasteiger partial charge is 0.251 e. The van der Waals surface area contributed by atoms with Gasteiger partial charge in [-0.1, -0.05) is 66.7 Å². The second kappa shape index (κ2) is 11.7. The quantitative estimate of drug-likeness (QED) is 0.454. The van der Waals surface area contributed by atoms with Crippen LogP contribution in [0.5, 0.6) is 5.75 Å². The van der Waals surface area contributed by atoms with E-state index < -0.39 is 0 Å². The fourth-order valence-corrected chi connectivity index (χ4v) is 6.59. The molecule has 0 aliphatic carbocycles. The summed E-state index contributed by atoms with van der Waals surface area (Å²) in [4.78, 5) is 18.1. The third kappa shape index (κ3) is 5.95. The van der Waals surface area contributed by atoms with Crippen LogP contribution >= 0.6 is 0 Å². The molecular formula is C33H39N3O2. The molecule has 4 saturated heterocycles. The predicted octanol–water partition coefficient (Wildman–Crippen LogP) is 5.19. The number of hydrogen-bond acceptors (Lipinski definition) is 4. The van der Waals surface area contributed by atoms with Crippen LogP contribution in [0.3, 0.4) is 0 Å². The normalized spacial score (nSPS) is 25.3. The van der Waals surface area contributed by atoms with E-state index in [1.807, 2.05) is 24.3 Å². The Kier molecular flexibility index (Phi) is 7.75. The first-order valence-corrected chi connectivity index (χ1v) is 14.3. The summed E-state index contributed by atoms with van der Waals surface area (Å²) in [7, 11) is 0. The fourth-order valence-electron chi connectivity index (χ4n) is 6.59. The average molecular weight is 510 g/mol. The number of nitrogens with one attached hydrogen (secondary N) is 1. The van der Waals surface area contributed by atoms with E-state index in [-0.39, 0.29) is 18.1 Å². The van der Waals surface area contributed by atoms with Gasteiger partial charge < -0.3 is 15.0 Å². The van der Waals surface area contributed by atoms with Crippen molar-refractivity contribution >= 4 is 5.91 Å². The molecule has 7 rings (SSSR count). The Balaban J connectivity index is 1.09. The topological polar surface area (TPSA) is 44.8 Å². The number of carbonyl (C=O) groups is 1. The Morgan fingerprint density at radius 1 is 0.842 bits per heavy atom. The number of nitrogens with zero attached hydrogens (tertiary/aromatic N) is 2. The lowest BCUT2D eigenvalue weighted by Crippen LogP contribution is -2.57. The van der Waals surface area contributed by atoms with Gasteiger partial charge in [-0.25, -0.2) is 0 Å². The third-order valence-corrected chi connectivity index (χ3v) is 8.68. The van der Waals surface area contributed by atoms with Gasteiger partial charge in [0.2, 0.25) is 0 Å². The molecule has 5 heteroatoms. The lowest BCUT2D eigenvalue weighted by Gasteiger charge is -2.44. The van der Waals surface area contributed by atoms with Gasteiger partial charge in [0.25, 0.3) is 5.91 Å². The van der Waals surface area contributed by atoms with Crippen LogP contribution < -0.4 is 10.1 Å². The minimum absolute atomic E-state index is 0.0213. The zero-order valence-electron chi connectivity index (χ0n) is 22.2. The highest BCUT2D eigenvalue weighted by molar-refractivity contribution is 5.94. The highest BCUT2D eigenvalue weighted by Crippen LogP contribution is 2.29. The van der Waals surface area contributed by atoms with E-state index in [9.17, 15) is 4.79 Å². The Hall–Kier alpha value is -3.15. The molecule has 3 aromatic rings. The summed E-state index contributed by atoms with van der Waals surface area (Å²) in [5.41, 5.74) is 3.40. The molecule has 5 nitrogen and oxygen atoms in total. The molecule has 0 radical (unpaired) electrons. The maximum atomic E-state index is 13.1. The number of benzene rings is 3. The van der Waals surface area contributed by atoms with Crippen molar-refractivity contribution in [2.45, 2.75) is 43.7 Å². The summed E-state index contributed by atoms with van der Waals surface area (Å²) in [6.45, 7) is 6.28. The van der Waals surface area contributed by atoms with Crippen molar-refractivity contribution in [3.8, 4) is 5.75 Å². The molecule has 38 heavy (non-hydrogen) atoms. The van der Waals surface area contributed by atoms with Crippen molar-refractivity contribution in [1.29, 1.82) is 0 Å². The largest absolute Gasteiger partial charge is 0.489 e. The minimum atomic E-state index is 0.0213. The molecular weight excluding hydrogens is 470 g/mol. The molecule has 198 valence electrons. The van der Waals surface area contributed by atoms with E-state index in [1.54, 1.807) is 0 Å². The van der Waals surface area contributed by atoms with Gasteiger partial charge in [-0.15, -0.1) is 0 Å². The Morgan fingerprint density at radius 2 is 1.55 bits per heavy atom. The van der Waals surface area contributed by atoms with Crippen molar-refractivity contribution in [1.82, 2.24) is 15.1 Å². The standard InChI is InChI=1S/C33H39N3O2/c37-33(34-32-24-35-19-16-27(32)17-20-35)28-13-7-14-29(21-28)38-30-15-8-18-36(22-30)23-31(25-9-3-1-4-10-25)26-11-5-2-6-12-26/h1-7,9-14,21,27,30-32H,8,15-20,22-24H2,(H,34,37). The van der Waals surface area contributed by atoms with Gasteiger partial charge in [0.15, 0.2) is 0 Å². The van der Waals surface area contributed by atoms with Gasteiger partial charge >= 0.3 is 0 Å². The van der Waals surface area contributed by atoms with E-state index in [4.69, 9.17) is 4.74 Å². The minimum Gasteiger partial charge on any atom is -0.489 e. The first-order valence-electron chi connectivity index (χ1n) is 14.3. The summed E-state index contributed by atoms with van der Waals surface area (Å²) in [6, 6.07) is 29.7. The zero-order chi connectivity index (χ0) is 25.7. The van der Waals surface area contributed by atoms with Crippen molar-refractivity contribution < 1.29 is 9.53 Å². The van der Waals surface area contributed by atoms with E-state index in [1.165, 1.54) is 37.1 Å². The van der Waals surface area contributed by atoms with E-state index in [2.05, 4.69) is 75.8 Å². The molecule has 4 fully saturated rings. The van der Waals surface area contributed by atoms with E-state index in [0.29, 0.717) is 17.4 Å². The Labute approximate surface area is 226 Å². The van der Waals surface area contributed by atoms with Crippen LogP contribution in [-0.4, -0.2) is 67.1 Å². The number of amides is 1. The molecule has 2 unspecified atom stereocenters. The molecule has 2 bridgehead atoms. The van der Waals surface area contributed by atoms with Gasteiger partial charge in [-0.3, -0.25) is 9.69 Å². The predicted molar refractivity (Wildman–Crippen MR) is 152 cm³/mol. The van der Waals surface area contributed by atoms with Crippen molar-refractivity contribution in [3.63, 3.8) is 0 Å². The number of carbonyl (C=O) groups excluding carboxylic acids is 1. The number of hydrogen-bond donors (Lipinski definition) is 1. The first-order chi connectivity index (χ1) is 18.7. The maximum absolute atomic E-state index is 13.1. The summed E-state index contributed by atoms with van der Waals surface area (Å²) in [5, 5.41) is 3.31. The molecule has 3 aromatic carbocycles. The second-order valence-electron chi connectivity index (χ2n) is 11.3. The molecule has 1 N–H and O–H groups in total. The average Bonchev–Trinajstić information content (AvgIpc) is 2.98. The van der Waals surface area contributed by atoms with Crippen molar-refractivity contribution in [2.24, 2.45) is 5.92 Å². The van der Waals surface area contributed by atoms with Gasteiger partial charge in [0, 0.05) is 37.2 Å². The van der Waals surface area contributed by atoms with Crippen molar-refractivity contribution in [3.05, 3.63) is 102 Å². The fraction of sp³-hybridized carbons (Fsp3) is 0.424. The highest BCUT2D eigenvalue weighted by atomic mass is 16.5. The van der Waals surface area contributed by atoms with Gasteiger partial charge in [-0.05, 0) is 80.6 Å². The lowest BCUT2D eigenvalue weighted by molar-refractivity contribution is 0.0619. The van der Waals surface area contributed by atoms with Gasteiger partial charge in [0.05, 0.1) is 0 Å². The molecule has 4 aliphatic heterocycles. The van der Waals surface area contributed by atoms with Crippen LogP contribution in [0.25, 0.3) is 0 Å². The van der Waals surface area contributed by atoms with Gasteiger partial charge in [0.1, 0.15) is 11.9 Å². The molecule has 2 atom stereocenters. The number of likely N-dealkylation sites (tertiary alicyclic amines) is 1. The maximum Gasteiger partial charge on any atom is 0.251 e. The van der Waals surface area contributed by atoms with Gasteiger partial charge in [-0.2, -0.15) is 0 Å². The summed E-state index contributed by atoms with van der Waals surface area (Å²) < 4.78 is 6.48. The summed E-state index contributed by atoms with van der Waals surface area (Å²) in [6.07, 6.45) is 4.66.